The summed E-state index contributed by atoms with van der Waals surface area (Å²) in [4.78, 5) is 29.4. The number of carbonyl (C=O) groups excluding carboxylic acids is 2. The second kappa shape index (κ2) is 9.66. The van der Waals surface area contributed by atoms with Crippen LogP contribution in [0.15, 0.2) is 59.9 Å². The fourth-order valence-corrected chi connectivity index (χ4v) is 3.74. The number of benzene rings is 2. The molecule has 7 heteroatoms. The molecule has 1 unspecified atom stereocenters. The summed E-state index contributed by atoms with van der Waals surface area (Å²) in [5.41, 5.74) is 1.62. The Labute approximate surface area is 182 Å². The van der Waals surface area contributed by atoms with Crippen molar-refractivity contribution in [2.45, 2.75) is 18.9 Å². The van der Waals surface area contributed by atoms with E-state index in [1.165, 1.54) is 18.1 Å². The monoisotopic (exact) mass is 424 g/mol. The third-order valence-electron chi connectivity index (χ3n) is 5.39. The summed E-state index contributed by atoms with van der Waals surface area (Å²) in [7, 11) is 5.21. The SMILES string of the molecule is COc1ccc(C2C(C(=O)CCc3ccccc3)=C(O)C(=O)N2CCN(C)C)cc1O. The van der Waals surface area contributed by atoms with Crippen LogP contribution < -0.4 is 4.74 Å². The van der Waals surface area contributed by atoms with Crippen molar-refractivity contribution < 1.29 is 24.5 Å². The second-order valence-corrected chi connectivity index (χ2v) is 7.81. The van der Waals surface area contributed by atoms with Crippen LogP contribution in [0.4, 0.5) is 0 Å². The summed E-state index contributed by atoms with van der Waals surface area (Å²) >= 11 is 0. The number of ketones is 1. The van der Waals surface area contributed by atoms with Gasteiger partial charge in [-0.2, -0.15) is 0 Å². The normalized spacial score (nSPS) is 16.3. The molecule has 0 saturated heterocycles. The van der Waals surface area contributed by atoms with Gasteiger partial charge in [-0.1, -0.05) is 36.4 Å². The maximum absolute atomic E-state index is 13.2. The summed E-state index contributed by atoms with van der Waals surface area (Å²) in [6.07, 6.45) is 0.666. The number of amides is 1. The number of aryl methyl sites for hydroxylation is 1. The summed E-state index contributed by atoms with van der Waals surface area (Å²) in [6, 6.07) is 13.6. The average molecular weight is 424 g/mol. The number of hydrogen-bond donors (Lipinski definition) is 2. The number of phenols is 1. The number of aliphatic hydroxyl groups excluding tert-OH is 1. The van der Waals surface area contributed by atoms with Gasteiger partial charge in [0.05, 0.1) is 18.7 Å². The number of ether oxygens (including phenoxy) is 1. The van der Waals surface area contributed by atoms with Crippen molar-refractivity contribution in [2.75, 3.05) is 34.3 Å². The van der Waals surface area contributed by atoms with E-state index in [0.717, 1.165) is 5.56 Å². The van der Waals surface area contributed by atoms with Crippen LogP contribution in [0.1, 0.15) is 23.6 Å². The van der Waals surface area contributed by atoms with Crippen LogP contribution >= 0.6 is 0 Å². The van der Waals surface area contributed by atoms with Gasteiger partial charge in [-0.15, -0.1) is 0 Å². The molecule has 7 nitrogen and oxygen atoms in total. The lowest BCUT2D eigenvalue weighted by atomic mass is 9.93. The molecule has 0 bridgehead atoms. The number of nitrogens with zero attached hydrogens (tertiary/aromatic N) is 2. The molecule has 0 fully saturated rings. The lowest BCUT2D eigenvalue weighted by molar-refractivity contribution is -0.129. The zero-order valence-corrected chi connectivity index (χ0v) is 18.0. The first kappa shape index (κ1) is 22.4. The van der Waals surface area contributed by atoms with E-state index in [1.807, 2.05) is 49.3 Å². The van der Waals surface area contributed by atoms with Gasteiger partial charge in [0.1, 0.15) is 0 Å². The molecule has 3 rings (SSSR count). The fraction of sp³-hybridized carbons (Fsp3) is 0.333. The Morgan fingerprint density at radius 3 is 2.45 bits per heavy atom. The molecule has 0 radical (unpaired) electrons. The van der Waals surface area contributed by atoms with Crippen LogP contribution in [0.3, 0.4) is 0 Å². The van der Waals surface area contributed by atoms with Crippen LogP contribution in [-0.4, -0.2) is 66.0 Å². The molecule has 0 aliphatic carbocycles. The number of aliphatic hydroxyl groups is 1. The molecule has 2 aromatic carbocycles. The molecule has 0 spiro atoms. The minimum atomic E-state index is -0.771. The number of Topliss-reactive ketones (excluding diaryl/α,β-unsaturated/α-hetero) is 1. The van der Waals surface area contributed by atoms with E-state index in [9.17, 15) is 19.8 Å². The fourth-order valence-electron chi connectivity index (χ4n) is 3.74. The predicted molar refractivity (Wildman–Crippen MR) is 117 cm³/mol. The molecule has 0 aromatic heterocycles. The predicted octanol–water partition coefficient (Wildman–Crippen LogP) is 2.86. The third-order valence-corrected chi connectivity index (χ3v) is 5.39. The number of hydrogen-bond acceptors (Lipinski definition) is 6. The molecule has 1 atom stereocenters. The number of likely N-dealkylation sites (N-methyl/N-ethyl adjacent to an activating group) is 1. The summed E-state index contributed by atoms with van der Waals surface area (Å²) in [5.74, 6) is -1.19. The standard InChI is InChI=1S/C24H28N2O5/c1-25(2)13-14-26-22(17-10-12-20(31-3)19(28)15-17)21(23(29)24(26)30)18(27)11-9-16-7-5-4-6-8-16/h4-8,10,12,15,22,28-29H,9,11,13-14H2,1-3H3. The summed E-state index contributed by atoms with van der Waals surface area (Å²) in [6.45, 7) is 0.881. The van der Waals surface area contributed by atoms with Gasteiger partial charge in [0.25, 0.3) is 5.91 Å². The maximum atomic E-state index is 13.2. The minimum absolute atomic E-state index is 0.0734. The van der Waals surface area contributed by atoms with Gasteiger partial charge in [-0.3, -0.25) is 9.59 Å². The Morgan fingerprint density at radius 2 is 1.84 bits per heavy atom. The third kappa shape index (κ3) is 4.88. The van der Waals surface area contributed by atoms with Gasteiger partial charge >= 0.3 is 0 Å². The van der Waals surface area contributed by atoms with Gasteiger partial charge in [-0.25, -0.2) is 0 Å². The zero-order chi connectivity index (χ0) is 22.5. The van der Waals surface area contributed by atoms with Crippen LogP contribution in [0.5, 0.6) is 11.5 Å². The lowest BCUT2D eigenvalue weighted by Gasteiger charge is -2.28. The second-order valence-electron chi connectivity index (χ2n) is 7.81. The Morgan fingerprint density at radius 1 is 1.13 bits per heavy atom. The highest BCUT2D eigenvalue weighted by molar-refractivity contribution is 6.09. The highest BCUT2D eigenvalue weighted by atomic mass is 16.5. The first-order valence-electron chi connectivity index (χ1n) is 10.2. The van der Waals surface area contributed by atoms with Gasteiger partial charge in [0, 0.05) is 19.5 Å². The van der Waals surface area contributed by atoms with Crippen molar-refractivity contribution in [1.82, 2.24) is 9.80 Å². The first-order valence-corrected chi connectivity index (χ1v) is 10.2. The highest BCUT2D eigenvalue weighted by Crippen LogP contribution is 2.40. The van der Waals surface area contributed by atoms with E-state index in [1.54, 1.807) is 12.1 Å². The Balaban J connectivity index is 1.94. The molecule has 2 aromatic rings. The number of rotatable bonds is 9. The smallest absolute Gasteiger partial charge is 0.290 e. The van der Waals surface area contributed by atoms with Gasteiger partial charge in [-0.05, 0) is 43.8 Å². The molecule has 1 aliphatic rings. The topological polar surface area (TPSA) is 90.3 Å². The van der Waals surface area contributed by atoms with Gasteiger partial charge in [0.2, 0.25) is 0 Å². The Kier molecular flexibility index (Phi) is 6.97. The molecule has 1 aliphatic heterocycles. The minimum Gasteiger partial charge on any atom is -0.504 e. The number of aromatic hydroxyl groups is 1. The first-order chi connectivity index (χ1) is 14.8. The van der Waals surface area contributed by atoms with Crippen LogP contribution in [-0.2, 0) is 16.0 Å². The quantitative estimate of drug-likeness (QED) is 0.643. The van der Waals surface area contributed by atoms with Crippen LogP contribution in [0.25, 0.3) is 0 Å². The Bertz CT molecular complexity index is 985. The summed E-state index contributed by atoms with van der Waals surface area (Å²) in [5, 5.41) is 20.9. The van der Waals surface area contributed by atoms with E-state index >= 15 is 0 Å². The highest BCUT2D eigenvalue weighted by Gasteiger charge is 2.43. The van der Waals surface area contributed by atoms with E-state index < -0.39 is 17.7 Å². The van der Waals surface area contributed by atoms with Crippen molar-refractivity contribution in [3.8, 4) is 11.5 Å². The van der Waals surface area contributed by atoms with Crippen molar-refractivity contribution in [2.24, 2.45) is 0 Å². The van der Waals surface area contributed by atoms with E-state index in [0.29, 0.717) is 25.1 Å². The van der Waals surface area contributed by atoms with Gasteiger partial charge < -0.3 is 24.7 Å². The molecule has 31 heavy (non-hydrogen) atoms. The largest absolute Gasteiger partial charge is 0.504 e. The van der Waals surface area contributed by atoms with Crippen molar-refractivity contribution in [3.05, 3.63) is 71.0 Å². The van der Waals surface area contributed by atoms with Crippen LogP contribution in [0.2, 0.25) is 0 Å². The molecular weight excluding hydrogens is 396 g/mol. The molecule has 0 saturated carbocycles. The van der Waals surface area contributed by atoms with Gasteiger partial charge in [0.15, 0.2) is 23.0 Å². The van der Waals surface area contributed by atoms with Crippen molar-refractivity contribution in [3.63, 3.8) is 0 Å². The van der Waals surface area contributed by atoms with E-state index in [2.05, 4.69) is 0 Å². The number of methoxy groups -OCH3 is 1. The Hall–Kier alpha value is -3.32. The van der Waals surface area contributed by atoms with E-state index in [-0.39, 0.29) is 29.3 Å². The molecular formula is C24H28N2O5. The summed E-state index contributed by atoms with van der Waals surface area (Å²) < 4.78 is 5.11. The lowest BCUT2D eigenvalue weighted by Crippen LogP contribution is -2.36. The maximum Gasteiger partial charge on any atom is 0.290 e. The molecule has 2 N–H and O–H groups in total. The zero-order valence-electron chi connectivity index (χ0n) is 18.0. The molecule has 1 heterocycles. The van der Waals surface area contributed by atoms with Crippen molar-refractivity contribution in [1.29, 1.82) is 0 Å². The van der Waals surface area contributed by atoms with Crippen LogP contribution in [0, 0.1) is 0 Å². The number of phenolic OH excluding ortho intramolecular Hbond substituents is 1. The van der Waals surface area contributed by atoms with E-state index in [4.69, 9.17) is 4.74 Å². The molecule has 164 valence electrons. The molecule has 1 amide bonds. The number of carbonyl (C=O) groups is 2. The van der Waals surface area contributed by atoms with Crippen molar-refractivity contribution >= 4 is 11.7 Å². The average Bonchev–Trinajstić information content (AvgIpc) is 3.01.